The highest BCUT2D eigenvalue weighted by Crippen LogP contribution is 2.26. The fourth-order valence-corrected chi connectivity index (χ4v) is 3.74. The van der Waals surface area contributed by atoms with Gasteiger partial charge in [0.2, 0.25) is 10.0 Å². The molecule has 7 heteroatoms. The number of nitrogen functional groups attached to an aromatic ring is 1. The first-order valence-corrected chi connectivity index (χ1v) is 8.62. The van der Waals surface area contributed by atoms with Crippen LogP contribution in [0.4, 0.5) is 5.69 Å². The summed E-state index contributed by atoms with van der Waals surface area (Å²) in [6.45, 7) is 0.491. The molecule has 0 aliphatic carbocycles. The fraction of sp³-hybridized carbons (Fsp3) is 0.333. The van der Waals surface area contributed by atoms with Gasteiger partial charge in [-0.1, -0.05) is 0 Å². The quantitative estimate of drug-likeness (QED) is 0.824. The standard InChI is InChI=1S/C12H17N3O2S2/c1-15(5-6-18-2)19(16,17)12-8-14-11-7-9(13)3-4-10(11)12/h3-4,7-8,14H,5-6,13H2,1-2H3. The van der Waals surface area contributed by atoms with Crippen molar-refractivity contribution in [2.45, 2.75) is 4.90 Å². The van der Waals surface area contributed by atoms with Crippen LogP contribution in [-0.2, 0) is 10.0 Å². The lowest BCUT2D eigenvalue weighted by Crippen LogP contribution is -2.28. The molecule has 0 aliphatic heterocycles. The van der Waals surface area contributed by atoms with Gasteiger partial charge in [-0.3, -0.25) is 0 Å². The van der Waals surface area contributed by atoms with E-state index in [4.69, 9.17) is 5.73 Å². The molecule has 0 bridgehead atoms. The van der Waals surface area contributed by atoms with Gasteiger partial charge >= 0.3 is 0 Å². The van der Waals surface area contributed by atoms with Crippen LogP contribution in [0.25, 0.3) is 10.9 Å². The van der Waals surface area contributed by atoms with Crippen LogP contribution in [0.3, 0.4) is 0 Å². The molecule has 5 nitrogen and oxygen atoms in total. The highest BCUT2D eigenvalue weighted by molar-refractivity contribution is 7.98. The van der Waals surface area contributed by atoms with Gasteiger partial charge < -0.3 is 10.7 Å². The predicted molar refractivity (Wildman–Crippen MR) is 80.9 cm³/mol. The van der Waals surface area contributed by atoms with Crippen molar-refractivity contribution in [2.75, 3.05) is 31.3 Å². The zero-order valence-corrected chi connectivity index (χ0v) is 12.5. The molecule has 0 amide bonds. The number of hydrogen-bond acceptors (Lipinski definition) is 4. The molecule has 3 N–H and O–H groups in total. The molecule has 1 aromatic heterocycles. The summed E-state index contributed by atoms with van der Waals surface area (Å²) in [4.78, 5) is 3.25. The Hall–Kier alpha value is -1.18. The Morgan fingerprint density at radius 2 is 2.16 bits per heavy atom. The molecule has 2 rings (SSSR count). The average Bonchev–Trinajstić information content (AvgIpc) is 2.79. The van der Waals surface area contributed by atoms with E-state index >= 15 is 0 Å². The summed E-state index contributed by atoms with van der Waals surface area (Å²) in [7, 11) is -1.86. The van der Waals surface area contributed by atoms with E-state index in [1.54, 1.807) is 37.0 Å². The molecular weight excluding hydrogens is 282 g/mol. The van der Waals surface area contributed by atoms with Gasteiger partial charge in [-0.05, 0) is 24.5 Å². The molecule has 0 fully saturated rings. The van der Waals surface area contributed by atoms with Crippen molar-refractivity contribution in [3.63, 3.8) is 0 Å². The Bertz CT molecular complexity index is 679. The largest absolute Gasteiger partial charge is 0.399 e. The number of rotatable bonds is 5. The van der Waals surface area contributed by atoms with Gasteiger partial charge in [-0.2, -0.15) is 11.8 Å². The minimum atomic E-state index is -3.46. The number of nitrogens with two attached hydrogens (primary N) is 1. The van der Waals surface area contributed by atoms with Gasteiger partial charge in [0.1, 0.15) is 4.90 Å². The van der Waals surface area contributed by atoms with Crippen LogP contribution >= 0.6 is 11.8 Å². The molecule has 2 aromatic rings. The van der Waals surface area contributed by atoms with E-state index in [9.17, 15) is 8.42 Å². The summed E-state index contributed by atoms with van der Waals surface area (Å²) < 4.78 is 26.3. The minimum absolute atomic E-state index is 0.297. The molecule has 19 heavy (non-hydrogen) atoms. The average molecular weight is 299 g/mol. The summed E-state index contributed by atoms with van der Waals surface area (Å²) in [6, 6.07) is 5.17. The third kappa shape index (κ3) is 2.72. The number of aromatic amines is 1. The van der Waals surface area contributed by atoms with E-state index in [-0.39, 0.29) is 0 Å². The smallest absolute Gasteiger partial charge is 0.244 e. The van der Waals surface area contributed by atoms with Crippen LogP contribution < -0.4 is 5.73 Å². The zero-order chi connectivity index (χ0) is 14.0. The van der Waals surface area contributed by atoms with Gasteiger partial charge in [-0.15, -0.1) is 0 Å². The van der Waals surface area contributed by atoms with E-state index in [1.807, 2.05) is 6.26 Å². The van der Waals surface area contributed by atoms with Crippen LogP contribution in [-0.4, -0.2) is 43.3 Å². The molecule has 0 unspecified atom stereocenters. The molecule has 0 atom stereocenters. The minimum Gasteiger partial charge on any atom is -0.399 e. The summed E-state index contributed by atoms with van der Waals surface area (Å²) in [5.74, 6) is 0.769. The molecule has 104 valence electrons. The Morgan fingerprint density at radius 3 is 2.84 bits per heavy atom. The lowest BCUT2D eigenvalue weighted by atomic mass is 10.2. The second kappa shape index (κ2) is 5.44. The highest BCUT2D eigenvalue weighted by Gasteiger charge is 2.23. The summed E-state index contributed by atoms with van der Waals surface area (Å²) in [6.07, 6.45) is 3.48. The van der Waals surface area contributed by atoms with Gasteiger partial charge in [0.05, 0.1) is 0 Å². The van der Waals surface area contributed by atoms with Crippen LogP contribution in [0, 0.1) is 0 Å². The molecular formula is C12H17N3O2S2. The number of benzene rings is 1. The summed E-state index contributed by atoms with van der Waals surface area (Å²) >= 11 is 1.62. The summed E-state index contributed by atoms with van der Waals surface area (Å²) in [5, 5.41) is 0.671. The SMILES string of the molecule is CSCCN(C)S(=O)(=O)c1c[nH]c2cc(N)ccc12. The first kappa shape index (κ1) is 14.2. The number of fused-ring (bicyclic) bond motifs is 1. The van der Waals surface area contributed by atoms with E-state index in [0.717, 1.165) is 11.3 Å². The number of hydrogen-bond donors (Lipinski definition) is 2. The van der Waals surface area contributed by atoms with Crippen LogP contribution in [0.1, 0.15) is 0 Å². The normalized spacial score (nSPS) is 12.4. The number of nitrogens with zero attached hydrogens (tertiary/aromatic N) is 1. The third-order valence-electron chi connectivity index (χ3n) is 2.97. The summed E-state index contributed by atoms with van der Waals surface area (Å²) in [5.41, 5.74) is 7.02. The number of anilines is 1. The zero-order valence-electron chi connectivity index (χ0n) is 10.9. The van der Waals surface area contributed by atoms with Gasteiger partial charge in [-0.25, -0.2) is 12.7 Å². The third-order valence-corrected chi connectivity index (χ3v) is 5.45. The number of aromatic nitrogens is 1. The molecule has 0 spiro atoms. The van der Waals surface area contributed by atoms with Crippen molar-refractivity contribution in [1.82, 2.24) is 9.29 Å². The van der Waals surface area contributed by atoms with Gasteiger partial charge in [0.15, 0.2) is 0 Å². The van der Waals surface area contributed by atoms with E-state index < -0.39 is 10.0 Å². The number of sulfonamides is 1. The van der Waals surface area contributed by atoms with Crippen LogP contribution in [0.2, 0.25) is 0 Å². The Balaban J connectivity index is 2.43. The molecule has 1 heterocycles. The second-order valence-electron chi connectivity index (χ2n) is 4.28. The van der Waals surface area contributed by atoms with Crippen molar-refractivity contribution in [3.05, 3.63) is 24.4 Å². The van der Waals surface area contributed by atoms with Crippen molar-refractivity contribution in [1.29, 1.82) is 0 Å². The lowest BCUT2D eigenvalue weighted by Gasteiger charge is -2.15. The van der Waals surface area contributed by atoms with Crippen molar-refractivity contribution >= 4 is 38.4 Å². The molecule has 0 radical (unpaired) electrons. The second-order valence-corrected chi connectivity index (χ2v) is 7.28. The van der Waals surface area contributed by atoms with Crippen molar-refractivity contribution < 1.29 is 8.42 Å². The van der Waals surface area contributed by atoms with Crippen molar-refractivity contribution in [3.8, 4) is 0 Å². The first-order valence-electron chi connectivity index (χ1n) is 5.78. The Kier molecular flexibility index (Phi) is 4.07. The maximum Gasteiger partial charge on any atom is 0.244 e. The van der Waals surface area contributed by atoms with E-state index in [2.05, 4.69) is 4.98 Å². The van der Waals surface area contributed by atoms with Crippen molar-refractivity contribution in [2.24, 2.45) is 0 Å². The molecule has 0 saturated carbocycles. The maximum absolute atomic E-state index is 12.5. The van der Waals surface area contributed by atoms with Gasteiger partial charge in [0.25, 0.3) is 0 Å². The number of nitrogens with one attached hydrogen (secondary N) is 1. The monoisotopic (exact) mass is 299 g/mol. The number of H-pyrrole nitrogens is 1. The molecule has 0 aliphatic rings. The van der Waals surface area contributed by atoms with Crippen LogP contribution in [0.15, 0.2) is 29.3 Å². The predicted octanol–water partition coefficient (Wildman–Crippen LogP) is 1.73. The molecule has 0 saturated heterocycles. The highest BCUT2D eigenvalue weighted by atomic mass is 32.2. The first-order chi connectivity index (χ1) is 8.96. The molecule has 1 aromatic carbocycles. The van der Waals surface area contributed by atoms with E-state index in [1.165, 1.54) is 10.5 Å². The lowest BCUT2D eigenvalue weighted by molar-refractivity contribution is 0.489. The van der Waals surface area contributed by atoms with E-state index in [0.29, 0.717) is 22.5 Å². The van der Waals surface area contributed by atoms with Crippen LogP contribution in [0.5, 0.6) is 0 Å². The maximum atomic E-state index is 12.5. The topological polar surface area (TPSA) is 79.2 Å². The van der Waals surface area contributed by atoms with Gasteiger partial charge in [0, 0.05) is 42.1 Å². The number of thioether (sulfide) groups is 1. The Morgan fingerprint density at radius 1 is 1.42 bits per heavy atom. The Labute approximate surface area is 117 Å². The fourth-order valence-electron chi connectivity index (χ4n) is 1.84.